The molecule has 26 heavy (non-hydrogen) atoms. The van der Waals surface area contributed by atoms with Crippen LogP contribution in [0.5, 0.6) is 0 Å². The summed E-state index contributed by atoms with van der Waals surface area (Å²) in [5.74, 6) is 1.08. The van der Waals surface area contributed by atoms with E-state index < -0.39 is 0 Å². The first-order chi connectivity index (χ1) is 12.6. The monoisotopic (exact) mass is 358 g/mol. The summed E-state index contributed by atoms with van der Waals surface area (Å²) in [5.41, 5.74) is 1.52. The van der Waals surface area contributed by atoms with E-state index in [2.05, 4.69) is 62.0 Å². The highest BCUT2D eigenvalue weighted by molar-refractivity contribution is 5.72. The predicted molar refractivity (Wildman–Crippen MR) is 113 cm³/mol. The van der Waals surface area contributed by atoms with Crippen LogP contribution in [0.15, 0.2) is 41.6 Å². The van der Waals surface area contributed by atoms with Crippen LogP contribution in [0.1, 0.15) is 78.6 Å². The second-order valence-corrected chi connectivity index (χ2v) is 7.97. The zero-order chi connectivity index (χ0) is 19.3. The first-order valence-corrected chi connectivity index (χ1v) is 10.3. The average molecular weight is 359 g/mol. The Labute approximate surface area is 160 Å². The minimum atomic E-state index is 0.326. The molecule has 1 unspecified atom stereocenters. The number of carbonyl (C=O) groups is 1. The maximum atomic E-state index is 10.3. The molecule has 0 radical (unpaired) electrons. The lowest BCUT2D eigenvalue weighted by Gasteiger charge is -2.29. The van der Waals surface area contributed by atoms with Gasteiger partial charge in [-0.05, 0) is 61.9 Å². The van der Waals surface area contributed by atoms with Crippen molar-refractivity contribution in [3.05, 3.63) is 36.6 Å². The molecule has 1 amide bonds. The van der Waals surface area contributed by atoms with Gasteiger partial charge in [-0.3, -0.25) is 4.79 Å². The van der Waals surface area contributed by atoms with Gasteiger partial charge in [-0.25, -0.2) is 4.99 Å². The molecule has 0 bridgehead atoms. The fourth-order valence-corrected chi connectivity index (χ4v) is 3.95. The molecule has 146 valence electrons. The lowest BCUT2D eigenvalue weighted by Crippen LogP contribution is -2.17. The SMILES string of the molecule is C=CCC1(CCC(CC)CC=CC=C(N=CNC=O)C(C)C)CCCC1. The van der Waals surface area contributed by atoms with Crippen LogP contribution >= 0.6 is 0 Å². The first kappa shape index (κ1) is 22.4. The van der Waals surface area contributed by atoms with E-state index in [1.54, 1.807) is 0 Å². The number of amides is 1. The largest absolute Gasteiger partial charge is 0.319 e. The zero-order valence-electron chi connectivity index (χ0n) is 17.0. The van der Waals surface area contributed by atoms with Gasteiger partial charge in [0.25, 0.3) is 0 Å². The molecule has 0 aliphatic heterocycles. The third-order valence-corrected chi connectivity index (χ3v) is 5.72. The van der Waals surface area contributed by atoms with Crippen molar-refractivity contribution >= 4 is 12.7 Å². The Kier molecular flexibility index (Phi) is 10.9. The van der Waals surface area contributed by atoms with Crippen molar-refractivity contribution in [2.75, 3.05) is 0 Å². The van der Waals surface area contributed by atoms with Crippen molar-refractivity contribution in [2.24, 2.45) is 22.2 Å². The summed E-state index contributed by atoms with van der Waals surface area (Å²) in [6.07, 6.45) is 22.4. The average Bonchev–Trinajstić information content (AvgIpc) is 3.08. The van der Waals surface area contributed by atoms with Crippen molar-refractivity contribution < 1.29 is 4.79 Å². The normalized spacial score (nSPS) is 18.7. The van der Waals surface area contributed by atoms with Gasteiger partial charge < -0.3 is 5.32 Å². The molecule has 0 aromatic heterocycles. The second kappa shape index (κ2) is 12.7. The minimum absolute atomic E-state index is 0.326. The fourth-order valence-electron chi connectivity index (χ4n) is 3.95. The molecular weight excluding hydrogens is 320 g/mol. The van der Waals surface area contributed by atoms with Crippen molar-refractivity contribution in [1.82, 2.24) is 5.32 Å². The highest BCUT2D eigenvalue weighted by atomic mass is 16.1. The Morgan fingerprint density at radius 2 is 2.04 bits per heavy atom. The topological polar surface area (TPSA) is 41.5 Å². The number of allylic oxidation sites excluding steroid dienone is 5. The van der Waals surface area contributed by atoms with E-state index in [9.17, 15) is 4.79 Å². The Morgan fingerprint density at radius 1 is 1.31 bits per heavy atom. The third-order valence-electron chi connectivity index (χ3n) is 5.72. The third kappa shape index (κ3) is 8.16. The number of nitrogens with zero attached hydrogens (tertiary/aromatic N) is 1. The number of hydrogen-bond donors (Lipinski definition) is 1. The van der Waals surface area contributed by atoms with Gasteiger partial charge in [-0.1, -0.05) is 58.3 Å². The molecule has 1 atom stereocenters. The fraction of sp³-hybridized carbons (Fsp3) is 0.652. The van der Waals surface area contributed by atoms with Crippen LogP contribution in [0.2, 0.25) is 0 Å². The summed E-state index contributed by atoms with van der Waals surface area (Å²) in [6.45, 7) is 10.5. The van der Waals surface area contributed by atoms with E-state index in [-0.39, 0.29) is 0 Å². The Morgan fingerprint density at radius 3 is 2.62 bits per heavy atom. The molecule has 1 fully saturated rings. The van der Waals surface area contributed by atoms with Crippen LogP contribution in [-0.4, -0.2) is 12.7 Å². The lowest BCUT2D eigenvalue weighted by atomic mass is 9.76. The molecule has 3 heteroatoms. The highest BCUT2D eigenvalue weighted by Gasteiger charge is 2.32. The van der Waals surface area contributed by atoms with Crippen LogP contribution in [-0.2, 0) is 4.79 Å². The van der Waals surface area contributed by atoms with E-state index in [1.807, 2.05) is 0 Å². The van der Waals surface area contributed by atoms with Crippen LogP contribution in [0.4, 0.5) is 0 Å². The molecule has 1 aliphatic rings. The summed E-state index contributed by atoms with van der Waals surface area (Å²) in [5, 5.41) is 2.46. The van der Waals surface area contributed by atoms with Gasteiger partial charge in [0.15, 0.2) is 0 Å². The molecule has 1 N–H and O–H groups in total. The summed E-state index contributed by atoms with van der Waals surface area (Å²) in [4.78, 5) is 14.6. The molecule has 0 heterocycles. The van der Waals surface area contributed by atoms with Gasteiger partial charge in [-0.15, -0.1) is 6.58 Å². The lowest BCUT2D eigenvalue weighted by molar-refractivity contribution is -0.108. The van der Waals surface area contributed by atoms with E-state index in [4.69, 9.17) is 0 Å². The van der Waals surface area contributed by atoms with Crippen LogP contribution < -0.4 is 5.32 Å². The Balaban J connectivity index is 2.53. The Bertz CT molecular complexity index is 496. The van der Waals surface area contributed by atoms with Gasteiger partial charge in [0, 0.05) is 5.70 Å². The van der Waals surface area contributed by atoms with Crippen molar-refractivity contribution in [2.45, 2.75) is 78.6 Å². The second-order valence-electron chi connectivity index (χ2n) is 7.97. The number of nitrogens with one attached hydrogen (secondary N) is 1. The molecule has 0 spiro atoms. The van der Waals surface area contributed by atoms with Crippen LogP contribution in [0.3, 0.4) is 0 Å². The van der Waals surface area contributed by atoms with Gasteiger partial charge >= 0.3 is 0 Å². The maximum absolute atomic E-state index is 10.3. The molecule has 1 aliphatic carbocycles. The standard InChI is InChI=1S/C23H38N2O/c1-5-14-23(15-9-10-16-23)17-13-21(6-2)11-7-8-12-22(20(3)4)25-18-24-19-26/h5,7-8,12,18-21H,1,6,9-11,13-17H2,2-4H3,(H,24,25,26). The van der Waals surface area contributed by atoms with E-state index >= 15 is 0 Å². The van der Waals surface area contributed by atoms with Crippen molar-refractivity contribution in [1.29, 1.82) is 0 Å². The maximum Gasteiger partial charge on any atom is 0.212 e. The minimum Gasteiger partial charge on any atom is -0.319 e. The molecule has 0 aromatic carbocycles. The zero-order valence-corrected chi connectivity index (χ0v) is 17.0. The smallest absolute Gasteiger partial charge is 0.212 e. The molecule has 1 saturated carbocycles. The van der Waals surface area contributed by atoms with Gasteiger partial charge in [0.1, 0.15) is 0 Å². The number of carbonyl (C=O) groups excluding carboxylic acids is 1. The van der Waals surface area contributed by atoms with Gasteiger partial charge in [-0.2, -0.15) is 0 Å². The quantitative estimate of drug-likeness (QED) is 0.138. The van der Waals surface area contributed by atoms with Crippen molar-refractivity contribution in [3.63, 3.8) is 0 Å². The van der Waals surface area contributed by atoms with E-state index in [0.29, 0.717) is 17.7 Å². The molecular formula is C23H38N2O. The number of aliphatic imine (C=N–C) groups is 1. The summed E-state index contributed by atoms with van der Waals surface area (Å²) in [7, 11) is 0. The summed E-state index contributed by atoms with van der Waals surface area (Å²) >= 11 is 0. The summed E-state index contributed by atoms with van der Waals surface area (Å²) in [6, 6.07) is 0. The molecule has 0 saturated heterocycles. The highest BCUT2D eigenvalue weighted by Crippen LogP contribution is 2.46. The van der Waals surface area contributed by atoms with Gasteiger partial charge in [0.2, 0.25) is 6.41 Å². The molecule has 0 aromatic rings. The number of rotatable bonds is 13. The predicted octanol–water partition coefficient (Wildman–Crippen LogP) is 6.19. The van der Waals surface area contributed by atoms with Gasteiger partial charge in [0.05, 0.1) is 6.34 Å². The van der Waals surface area contributed by atoms with Crippen LogP contribution in [0, 0.1) is 17.3 Å². The van der Waals surface area contributed by atoms with Crippen molar-refractivity contribution in [3.8, 4) is 0 Å². The summed E-state index contributed by atoms with van der Waals surface area (Å²) < 4.78 is 0. The molecule has 3 nitrogen and oxygen atoms in total. The Hall–Kier alpha value is -1.64. The van der Waals surface area contributed by atoms with E-state index in [0.717, 1.165) is 18.0 Å². The first-order valence-electron chi connectivity index (χ1n) is 10.3. The van der Waals surface area contributed by atoms with E-state index in [1.165, 1.54) is 57.7 Å². The molecule has 1 rings (SSSR count). The van der Waals surface area contributed by atoms with Crippen LogP contribution in [0.25, 0.3) is 0 Å². The number of hydrogen-bond acceptors (Lipinski definition) is 2.